The highest BCUT2D eigenvalue weighted by atomic mass is 79.9. The van der Waals surface area contributed by atoms with Crippen LogP contribution in [-0.4, -0.2) is 36.0 Å². The van der Waals surface area contributed by atoms with Gasteiger partial charge in [0.1, 0.15) is 17.0 Å². The van der Waals surface area contributed by atoms with Gasteiger partial charge in [0.05, 0.1) is 6.54 Å². The fourth-order valence-electron chi connectivity index (χ4n) is 1.69. The predicted octanol–water partition coefficient (Wildman–Crippen LogP) is 3.76. The highest BCUT2D eigenvalue weighted by Gasteiger charge is 2.12. The second-order valence-corrected chi connectivity index (χ2v) is 6.12. The van der Waals surface area contributed by atoms with E-state index in [4.69, 9.17) is 4.74 Å². The molecule has 21 heavy (non-hydrogen) atoms. The molecule has 6 heteroatoms. The Labute approximate surface area is 140 Å². The molecule has 2 aromatic rings. The zero-order valence-corrected chi connectivity index (χ0v) is 14.6. The van der Waals surface area contributed by atoms with Crippen LogP contribution in [0.15, 0.2) is 51.7 Å². The standard InChI is InChI=1S/C15H14Br2N2O2/c1-19(15(20)11-6-7-18-14(17)10-11)8-9-21-13-4-2-12(16)3-5-13/h2-7,10H,8-9H2,1H3. The molecule has 0 saturated carbocycles. The smallest absolute Gasteiger partial charge is 0.253 e. The van der Waals surface area contributed by atoms with E-state index in [0.717, 1.165) is 10.2 Å². The number of hydrogen-bond acceptors (Lipinski definition) is 3. The molecular weight excluding hydrogens is 400 g/mol. The van der Waals surface area contributed by atoms with E-state index >= 15 is 0 Å². The Morgan fingerprint density at radius 1 is 1.24 bits per heavy atom. The molecule has 0 aliphatic heterocycles. The average Bonchev–Trinajstić information content (AvgIpc) is 2.48. The summed E-state index contributed by atoms with van der Waals surface area (Å²) in [7, 11) is 1.75. The molecule has 0 aliphatic rings. The van der Waals surface area contributed by atoms with Crippen molar-refractivity contribution in [2.45, 2.75) is 0 Å². The first-order valence-electron chi connectivity index (χ1n) is 6.31. The van der Waals surface area contributed by atoms with E-state index in [1.165, 1.54) is 0 Å². The third-order valence-electron chi connectivity index (χ3n) is 2.83. The van der Waals surface area contributed by atoms with Crippen LogP contribution in [0.25, 0.3) is 0 Å². The van der Waals surface area contributed by atoms with Crippen LogP contribution in [0.3, 0.4) is 0 Å². The molecule has 0 N–H and O–H groups in total. The van der Waals surface area contributed by atoms with Crippen molar-refractivity contribution in [1.29, 1.82) is 0 Å². The highest BCUT2D eigenvalue weighted by Crippen LogP contribution is 2.16. The second-order valence-electron chi connectivity index (χ2n) is 4.40. The van der Waals surface area contributed by atoms with Gasteiger partial charge in [-0.15, -0.1) is 0 Å². The monoisotopic (exact) mass is 412 g/mol. The molecule has 1 aromatic heterocycles. The van der Waals surface area contributed by atoms with Crippen molar-refractivity contribution in [3.8, 4) is 5.75 Å². The number of amides is 1. The lowest BCUT2D eigenvalue weighted by molar-refractivity contribution is 0.0773. The number of aromatic nitrogens is 1. The fourth-order valence-corrected chi connectivity index (χ4v) is 2.32. The summed E-state index contributed by atoms with van der Waals surface area (Å²) < 4.78 is 7.26. The van der Waals surface area contributed by atoms with E-state index in [2.05, 4.69) is 36.8 Å². The van der Waals surface area contributed by atoms with E-state index in [0.29, 0.717) is 23.3 Å². The number of halogens is 2. The fraction of sp³-hybridized carbons (Fsp3) is 0.200. The maximum absolute atomic E-state index is 12.2. The zero-order chi connectivity index (χ0) is 15.2. The van der Waals surface area contributed by atoms with E-state index < -0.39 is 0 Å². The van der Waals surface area contributed by atoms with Gasteiger partial charge in [-0.2, -0.15) is 0 Å². The first kappa shape index (κ1) is 16.0. The van der Waals surface area contributed by atoms with Gasteiger partial charge in [-0.3, -0.25) is 4.79 Å². The van der Waals surface area contributed by atoms with Crippen molar-refractivity contribution in [1.82, 2.24) is 9.88 Å². The number of carbonyl (C=O) groups excluding carboxylic acids is 1. The topological polar surface area (TPSA) is 42.4 Å². The maximum atomic E-state index is 12.2. The summed E-state index contributed by atoms with van der Waals surface area (Å²) in [5.74, 6) is 0.725. The first-order chi connectivity index (χ1) is 10.1. The molecule has 0 bridgehead atoms. The molecule has 0 radical (unpaired) electrons. The number of pyridine rings is 1. The molecule has 0 fully saturated rings. The Morgan fingerprint density at radius 2 is 1.95 bits per heavy atom. The Hall–Kier alpha value is -1.40. The van der Waals surface area contributed by atoms with E-state index in [1.807, 2.05) is 24.3 Å². The minimum atomic E-state index is -0.0579. The molecule has 0 saturated heterocycles. The van der Waals surface area contributed by atoms with Gasteiger partial charge in [0.25, 0.3) is 5.91 Å². The Kier molecular flexibility index (Phi) is 5.76. The van der Waals surface area contributed by atoms with Gasteiger partial charge in [-0.05, 0) is 52.3 Å². The SMILES string of the molecule is CN(CCOc1ccc(Br)cc1)C(=O)c1ccnc(Br)c1. The number of likely N-dealkylation sites (N-methyl/N-ethyl adjacent to an activating group) is 1. The summed E-state index contributed by atoms with van der Waals surface area (Å²) in [4.78, 5) is 17.8. The Bertz CT molecular complexity index is 617. The number of benzene rings is 1. The van der Waals surface area contributed by atoms with E-state index in [1.54, 1.807) is 30.3 Å². The summed E-state index contributed by atoms with van der Waals surface area (Å²) in [6, 6.07) is 11.0. The zero-order valence-electron chi connectivity index (χ0n) is 11.4. The lowest BCUT2D eigenvalue weighted by atomic mass is 10.2. The number of nitrogens with zero attached hydrogens (tertiary/aromatic N) is 2. The number of rotatable bonds is 5. The largest absolute Gasteiger partial charge is 0.492 e. The van der Waals surface area contributed by atoms with Gasteiger partial charge in [-0.1, -0.05) is 15.9 Å². The quantitative estimate of drug-likeness (QED) is 0.701. The summed E-state index contributed by atoms with van der Waals surface area (Å²) in [5.41, 5.74) is 0.600. The lowest BCUT2D eigenvalue weighted by Gasteiger charge is -2.17. The van der Waals surface area contributed by atoms with Crippen LogP contribution < -0.4 is 4.74 Å². The van der Waals surface area contributed by atoms with Crippen molar-refractivity contribution in [2.24, 2.45) is 0 Å². The first-order valence-corrected chi connectivity index (χ1v) is 7.90. The normalized spacial score (nSPS) is 10.2. The van der Waals surface area contributed by atoms with Crippen LogP contribution >= 0.6 is 31.9 Å². The molecule has 0 spiro atoms. The number of carbonyl (C=O) groups is 1. The Balaban J connectivity index is 1.85. The van der Waals surface area contributed by atoms with Gasteiger partial charge in [-0.25, -0.2) is 4.98 Å². The van der Waals surface area contributed by atoms with Crippen LogP contribution in [0.4, 0.5) is 0 Å². The minimum Gasteiger partial charge on any atom is -0.492 e. The van der Waals surface area contributed by atoms with Gasteiger partial charge in [0.15, 0.2) is 0 Å². The molecule has 0 aliphatic carbocycles. The number of hydrogen-bond donors (Lipinski definition) is 0. The number of ether oxygens (including phenoxy) is 1. The van der Waals surface area contributed by atoms with Crippen molar-refractivity contribution in [3.05, 3.63) is 57.2 Å². The molecule has 110 valence electrons. The molecule has 0 atom stereocenters. The van der Waals surface area contributed by atoms with E-state index in [9.17, 15) is 4.79 Å². The Morgan fingerprint density at radius 3 is 2.62 bits per heavy atom. The van der Waals surface area contributed by atoms with Gasteiger partial charge < -0.3 is 9.64 Å². The summed E-state index contributed by atoms with van der Waals surface area (Å²) in [5, 5.41) is 0. The van der Waals surface area contributed by atoms with Crippen LogP contribution in [-0.2, 0) is 0 Å². The molecule has 1 aromatic carbocycles. The molecule has 2 rings (SSSR count). The summed E-state index contributed by atoms with van der Waals surface area (Å²) in [6.45, 7) is 0.949. The van der Waals surface area contributed by atoms with Gasteiger partial charge in [0.2, 0.25) is 0 Å². The van der Waals surface area contributed by atoms with Crippen LogP contribution in [0, 0.1) is 0 Å². The summed E-state index contributed by atoms with van der Waals surface area (Å²) in [6.07, 6.45) is 1.60. The van der Waals surface area contributed by atoms with Crippen molar-refractivity contribution in [2.75, 3.05) is 20.2 Å². The maximum Gasteiger partial charge on any atom is 0.253 e. The van der Waals surface area contributed by atoms with Crippen molar-refractivity contribution < 1.29 is 9.53 Å². The van der Waals surface area contributed by atoms with Gasteiger partial charge in [0, 0.05) is 23.3 Å². The average molecular weight is 414 g/mol. The summed E-state index contributed by atoms with van der Waals surface area (Å²) >= 11 is 6.63. The molecular formula is C15H14Br2N2O2. The molecule has 1 amide bonds. The molecule has 0 unspecified atom stereocenters. The minimum absolute atomic E-state index is 0.0579. The third kappa shape index (κ3) is 4.82. The third-order valence-corrected chi connectivity index (χ3v) is 3.79. The van der Waals surface area contributed by atoms with Crippen LogP contribution in [0.1, 0.15) is 10.4 Å². The second kappa shape index (κ2) is 7.56. The predicted molar refractivity (Wildman–Crippen MR) is 88.5 cm³/mol. The highest BCUT2D eigenvalue weighted by molar-refractivity contribution is 9.10. The van der Waals surface area contributed by atoms with Crippen molar-refractivity contribution in [3.63, 3.8) is 0 Å². The van der Waals surface area contributed by atoms with E-state index in [-0.39, 0.29) is 5.91 Å². The van der Waals surface area contributed by atoms with Gasteiger partial charge >= 0.3 is 0 Å². The van der Waals surface area contributed by atoms with Crippen LogP contribution in [0.2, 0.25) is 0 Å². The molecule has 1 heterocycles. The van der Waals surface area contributed by atoms with Crippen molar-refractivity contribution >= 4 is 37.8 Å². The van der Waals surface area contributed by atoms with Crippen LogP contribution in [0.5, 0.6) is 5.75 Å². The lowest BCUT2D eigenvalue weighted by Crippen LogP contribution is -2.30. The molecule has 4 nitrogen and oxygen atoms in total.